The predicted molar refractivity (Wildman–Crippen MR) is 185 cm³/mol. The summed E-state index contributed by atoms with van der Waals surface area (Å²) in [5.41, 5.74) is 9.43. The van der Waals surface area contributed by atoms with Crippen LogP contribution in [0.5, 0.6) is 0 Å². The van der Waals surface area contributed by atoms with Gasteiger partial charge in [-0.1, -0.05) is 133 Å². The maximum absolute atomic E-state index is 6.75. The monoisotopic (exact) mass is 578 g/mol. The molecule has 0 saturated heterocycles. The van der Waals surface area contributed by atoms with E-state index < -0.39 is 0 Å². The molecule has 1 aliphatic rings. The summed E-state index contributed by atoms with van der Waals surface area (Å²) in [6.45, 7) is 0. The fourth-order valence-electron chi connectivity index (χ4n) is 6.61. The number of rotatable bonds is 4. The van der Waals surface area contributed by atoms with Gasteiger partial charge in [-0.15, -0.1) is 0 Å². The molecule has 1 nitrogen and oxygen atoms in total. The van der Waals surface area contributed by atoms with E-state index in [-0.39, 0.29) is 0 Å². The molecule has 206 valence electrons. The van der Waals surface area contributed by atoms with Crippen LogP contribution >= 0.6 is 11.8 Å². The molecule has 0 radical (unpaired) electrons. The average molecular weight is 579 g/mol. The maximum Gasteiger partial charge on any atom is 0.135 e. The van der Waals surface area contributed by atoms with Crippen LogP contribution < -0.4 is 0 Å². The van der Waals surface area contributed by atoms with Crippen molar-refractivity contribution in [2.24, 2.45) is 0 Å². The molecule has 2 heterocycles. The van der Waals surface area contributed by atoms with Crippen molar-refractivity contribution in [2.75, 3.05) is 0 Å². The first kappa shape index (κ1) is 25.2. The number of fused-ring (bicyclic) bond motifs is 3. The summed E-state index contributed by atoms with van der Waals surface area (Å²) in [6, 6.07) is 56.6. The van der Waals surface area contributed by atoms with Crippen LogP contribution in [0.2, 0.25) is 0 Å². The first-order valence-corrected chi connectivity index (χ1v) is 15.7. The molecular weight excluding hydrogens is 553 g/mol. The molecule has 7 aromatic carbocycles. The number of benzene rings is 7. The van der Waals surface area contributed by atoms with Crippen LogP contribution in [0, 0.1) is 0 Å². The first-order chi connectivity index (χ1) is 21.8. The van der Waals surface area contributed by atoms with Gasteiger partial charge < -0.3 is 4.42 Å². The van der Waals surface area contributed by atoms with Crippen LogP contribution in [0.25, 0.3) is 77.6 Å². The van der Waals surface area contributed by atoms with Crippen molar-refractivity contribution in [2.45, 2.75) is 9.79 Å². The third-order valence-electron chi connectivity index (χ3n) is 8.72. The van der Waals surface area contributed by atoms with Crippen LogP contribution in [0.3, 0.4) is 0 Å². The van der Waals surface area contributed by atoms with Gasteiger partial charge in [0.15, 0.2) is 0 Å². The lowest BCUT2D eigenvalue weighted by atomic mass is 9.91. The highest BCUT2D eigenvalue weighted by Crippen LogP contribution is 2.49. The molecule has 0 fully saturated rings. The van der Waals surface area contributed by atoms with Gasteiger partial charge in [-0.25, -0.2) is 0 Å². The minimum atomic E-state index is 0.861. The van der Waals surface area contributed by atoms with E-state index >= 15 is 0 Å². The van der Waals surface area contributed by atoms with Gasteiger partial charge in [0.2, 0.25) is 0 Å². The Morgan fingerprint density at radius 2 is 1.07 bits per heavy atom. The lowest BCUT2D eigenvalue weighted by Crippen LogP contribution is -1.93. The Labute approximate surface area is 260 Å². The SMILES string of the molecule is c1ccc(-c2ccc(-c3cccc4ccccc34)c(-c3ccc(-c4ccc5c(c4)-c4cccc6cccc(c46)S5)o3)c2)cc1. The topological polar surface area (TPSA) is 13.1 Å². The van der Waals surface area contributed by atoms with Gasteiger partial charge in [0, 0.05) is 26.3 Å². The molecule has 0 aliphatic carbocycles. The standard InChI is InChI=1S/C42H26OS/c1-2-9-27(10-3-1)30-19-21-34(33-16-6-12-28-11-4-5-15-32(28)33)36(25-30)39-23-22-38(43-39)31-20-24-40-37(26-31)35-17-7-13-29-14-8-18-41(44-40)42(29)35/h1-26H. The van der Waals surface area contributed by atoms with Gasteiger partial charge in [-0.05, 0) is 85.9 Å². The molecule has 2 heteroatoms. The minimum Gasteiger partial charge on any atom is -0.456 e. The van der Waals surface area contributed by atoms with Gasteiger partial charge in [0.05, 0.1) is 0 Å². The third kappa shape index (κ3) is 4.11. The van der Waals surface area contributed by atoms with Crippen molar-refractivity contribution < 1.29 is 4.42 Å². The molecule has 1 aliphatic heterocycles. The fourth-order valence-corrected chi connectivity index (χ4v) is 7.74. The van der Waals surface area contributed by atoms with Crippen molar-refractivity contribution in [3.05, 3.63) is 158 Å². The zero-order valence-electron chi connectivity index (χ0n) is 23.8. The highest BCUT2D eigenvalue weighted by atomic mass is 32.2. The largest absolute Gasteiger partial charge is 0.456 e. The van der Waals surface area contributed by atoms with Gasteiger partial charge in [0.25, 0.3) is 0 Å². The van der Waals surface area contributed by atoms with E-state index in [1.165, 1.54) is 59.2 Å². The van der Waals surface area contributed by atoms with E-state index in [0.29, 0.717) is 0 Å². The summed E-state index contributed by atoms with van der Waals surface area (Å²) < 4.78 is 6.75. The van der Waals surface area contributed by atoms with Crippen LogP contribution in [0.4, 0.5) is 0 Å². The number of hydrogen-bond donors (Lipinski definition) is 0. The molecule has 0 spiro atoms. The summed E-state index contributed by atoms with van der Waals surface area (Å²) in [4.78, 5) is 2.60. The summed E-state index contributed by atoms with van der Waals surface area (Å²) in [5, 5.41) is 5.08. The zero-order valence-corrected chi connectivity index (χ0v) is 24.6. The van der Waals surface area contributed by atoms with Crippen molar-refractivity contribution >= 4 is 33.3 Å². The van der Waals surface area contributed by atoms with Gasteiger partial charge in [-0.2, -0.15) is 0 Å². The third-order valence-corrected chi connectivity index (χ3v) is 9.85. The molecule has 0 N–H and O–H groups in total. The normalized spacial score (nSPS) is 12.0. The maximum atomic E-state index is 6.75. The van der Waals surface area contributed by atoms with E-state index in [4.69, 9.17) is 4.42 Å². The Morgan fingerprint density at radius 1 is 0.364 bits per heavy atom. The Balaban J connectivity index is 1.19. The Hall–Kier alpha value is -5.31. The van der Waals surface area contributed by atoms with E-state index in [2.05, 4.69) is 158 Å². The van der Waals surface area contributed by atoms with Gasteiger partial charge in [-0.3, -0.25) is 0 Å². The Kier molecular flexibility index (Phi) is 5.82. The quantitative estimate of drug-likeness (QED) is 0.206. The van der Waals surface area contributed by atoms with Crippen molar-refractivity contribution in [3.8, 4) is 56.0 Å². The highest BCUT2D eigenvalue weighted by Gasteiger charge is 2.21. The molecule has 1 aromatic heterocycles. The van der Waals surface area contributed by atoms with Crippen LogP contribution in [0.1, 0.15) is 0 Å². The van der Waals surface area contributed by atoms with E-state index in [0.717, 1.165) is 28.2 Å². The summed E-state index contributed by atoms with van der Waals surface area (Å²) in [5.74, 6) is 1.73. The molecular formula is C42H26OS. The molecule has 0 saturated carbocycles. The second-order valence-corrected chi connectivity index (χ2v) is 12.4. The lowest BCUT2D eigenvalue weighted by molar-refractivity contribution is 0.597. The molecule has 0 unspecified atom stereocenters. The summed E-state index contributed by atoms with van der Waals surface area (Å²) >= 11 is 1.85. The smallest absolute Gasteiger partial charge is 0.135 e. The molecule has 9 rings (SSSR count). The Morgan fingerprint density at radius 3 is 1.98 bits per heavy atom. The van der Waals surface area contributed by atoms with E-state index in [1.807, 2.05) is 11.8 Å². The van der Waals surface area contributed by atoms with Crippen molar-refractivity contribution in [1.29, 1.82) is 0 Å². The predicted octanol–water partition coefficient (Wildman–Crippen LogP) is 12.4. The Bertz CT molecular complexity index is 2350. The average Bonchev–Trinajstić information content (AvgIpc) is 3.59. The van der Waals surface area contributed by atoms with E-state index in [1.54, 1.807) is 0 Å². The zero-order chi connectivity index (χ0) is 29.0. The molecule has 0 amide bonds. The molecule has 8 aromatic rings. The summed E-state index contributed by atoms with van der Waals surface area (Å²) in [6.07, 6.45) is 0. The second kappa shape index (κ2) is 10.2. The lowest BCUT2D eigenvalue weighted by Gasteiger charge is -2.20. The molecule has 44 heavy (non-hydrogen) atoms. The molecule has 0 bridgehead atoms. The number of furan rings is 1. The number of hydrogen-bond acceptors (Lipinski definition) is 2. The van der Waals surface area contributed by atoms with Crippen molar-refractivity contribution in [1.82, 2.24) is 0 Å². The fraction of sp³-hybridized carbons (Fsp3) is 0. The van der Waals surface area contributed by atoms with Crippen LogP contribution in [0.15, 0.2) is 172 Å². The van der Waals surface area contributed by atoms with Crippen molar-refractivity contribution in [3.63, 3.8) is 0 Å². The minimum absolute atomic E-state index is 0.861. The summed E-state index contributed by atoms with van der Waals surface area (Å²) in [7, 11) is 0. The molecule has 0 atom stereocenters. The van der Waals surface area contributed by atoms with Crippen LogP contribution in [-0.4, -0.2) is 0 Å². The van der Waals surface area contributed by atoms with Crippen LogP contribution in [-0.2, 0) is 0 Å². The van der Waals surface area contributed by atoms with E-state index in [9.17, 15) is 0 Å². The van der Waals surface area contributed by atoms with Gasteiger partial charge in [0.1, 0.15) is 11.5 Å². The first-order valence-electron chi connectivity index (χ1n) is 14.9. The van der Waals surface area contributed by atoms with Gasteiger partial charge >= 0.3 is 0 Å². The second-order valence-electron chi connectivity index (χ2n) is 11.3. The highest BCUT2D eigenvalue weighted by molar-refractivity contribution is 7.99.